The molecule has 14 heavy (non-hydrogen) atoms. The monoisotopic (exact) mass is 196 g/mol. The number of nitrogens with zero attached hydrogens (tertiary/aromatic N) is 2. The van der Waals surface area contributed by atoms with Gasteiger partial charge in [0, 0.05) is 24.7 Å². The summed E-state index contributed by atoms with van der Waals surface area (Å²) in [6, 6.07) is 0.883. The highest BCUT2D eigenvalue weighted by Gasteiger charge is 2.38. The molecule has 0 N–H and O–H groups in total. The van der Waals surface area contributed by atoms with Crippen LogP contribution in [0.4, 0.5) is 0 Å². The molecule has 2 aliphatic heterocycles. The highest BCUT2D eigenvalue weighted by molar-refractivity contribution is 4.94. The zero-order chi connectivity index (χ0) is 10.3. The topological polar surface area (TPSA) is 6.48 Å². The molecule has 0 saturated carbocycles. The first-order valence-corrected chi connectivity index (χ1v) is 5.94. The van der Waals surface area contributed by atoms with Gasteiger partial charge in [0.05, 0.1) is 0 Å². The summed E-state index contributed by atoms with van der Waals surface area (Å²) in [5.41, 5.74) is 0.367. The number of piperidine rings is 1. The van der Waals surface area contributed by atoms with Gasteiger partial charge < -0.3 is 4.90 Å². The normalized spacial score (nSPS) is 36.0. The molecular weight excluding hydrogens is 172 g/mol. The van der Waals surface area contributed by atoms with Crippen molar-refractivity contribution in [1.29, 1.82) is 0 Å². The SMILES string of the molecule is CN1CC[C@H]2CN(C(C)(C)C)CC[C@H]21. The van der Waals surface area contributed by atoms with Gasteiger partial charge in [0.15, 0.2) is 0 Å². The summed E-state index contributed by atoms with van der Waals surface area (Å²) in [6.45, 7) is 10.9. The van der Waals surface area contributed by atoms with Gasteiger partial charge in [-0.05, 0) is 53.1 Å². The Labute approximate surface area is 88.3 Å². The van der Waals surface area contributed by atoms with Crippen molar-refractivity contribution >= 4 is 0 Å². The first-order chi connectivity index (χ1) is 6.48. The lowest BCUT2D eigenvalue weighted by Crippen LogP contribution is -2.52. The Kier molecular flexibility index (Phi) is 2.61. The molecular formula is C12H24N2. The van der Waals surface area contributed by atoms with Crippen LogP contribution in [0.2, 0.25) is 0 Å². The standard InChI is InChI=1S/C12H24N2/c1-12(2,3)14-8-6-11-10(9-14)5-7-13(11)4/h10-11H,5-9H2,1-4H3/t10-,11+/m0/s1. The van der Waals surface area contributed by atoms with Crippen molar-refractivity contribution in [2.75, 3.05) is 26.7 Å². The summed E-state index contributed by atoms with van der Waals surface area (Å²) in [7, 11) is 2.29. The molecule has 2 rings (SSSR count). The van der Waals surface area contributed by atoms with Crippen LogP contribution in [0.15, 0.2) is 0 Å². The second-order valence-electron chi connectivity index (χ2n) is 6.00. The van der Waals surface area contributed by atoms with Crippen LogP contribution in [0.1, 0.15) is 33.6 Å². The third kappa shape index (κ3) is 1.82. The fraction of sp³-hybridized carbons (Fsp3) is 1.00. The lowest BCUT2D eigenvalue weighted by atomic mass is 9.90. The Bertz CT molecular complexity index is 207. The molecule has 0 aliphatic carbocycles. The number of rotatable bonds is 0. The summed E-state index contributed by atoms with van der Waals surface area (Å²) in [5.74, 6) is 0.938. The number of hydrogen-bond acceptors (Lipinski definition) is 2. The van der Waals surface area contributed by atoms with E-state index in [9.17, 15) is 0 Å². The molecule has 0 bridgehead atoms. The van der Waals surface area contributed by atoms with Crippen LogP contribution in [0.3, 0.4) is 0 Å². The zero-order valence-electron chi connectivity index (χ0n) is 10.1. The highest BCUT2D eigenvalue weighted by Crippen LogP contribution is 2.32. The molecule has 0 radical (unpaired) electrons. The van der Waals surface area contributed by atoms with Crippen molar-refractivity contribution in [2.45, 2.75) is 45.2 Å². The molecule has 0 aromatic heterocycles. The molecule has 82 valence electrons. The van der Waals surface area contributed by atoms with E-state index in [1.54, 1.807) is 0 Å². The molecule has 2 saturated heterocycles. The van der Waals surface area contributed by atoms with E-state index in [1.165, 1.54) is 32.5 Å². The van der Waals surface area contributed by atoms with Gasteiger partial charge >= 0.3 is 0 Å². The van der Waals surface area contributed by atoms with Crippen LogP contribution < -0.4 is 0 Å². The van der Waals surface area contributed by atoms with E-state index in [0.717, 1.165) is 12.0 Å². The molecule has 0 aromatic carbocycles. The van der Waals surface area contributed by atoms with Crippen molar-refractivity contribution < 1.29 is 0 Å². The van der Waals surface area contributed by atoms with Crippen molar-refractivity contribution in [1.82, 2.24) is 9.80 Å². The molecule has 0 spiro atoms. The molecule has 2 nitrogen and oxygen atoms in total. The summed E-state index contributed by atoms with van der Waals surface area (Å²) < 4.78 is 0. The Morgan fingerprint density at radius 1 is 1.07 bits per heavy atom. The third-order valence-electron chi connectivity index (χ3n) is 4.06. The summed E-state index contributed by atoms with van der Waals surface area (Å²) in [6.07, 6.45) is 2.78. The lowest BCUT2D eigenvalue weighted by molar-refractivity contribution is 0.0546. The van der Waals surface area contributed by atoms with E-state index < -0.39 is 0 Å². The fourth-order valence-electron chi connectivity index (χ4n) is 3.03. The van der Waals surface area contributed by atoms with Crippen LogP contribution in [0.25, 0.3) is 0 Å². The van der Waals surface area contributed by atoms with E-state index >= 15 is 0 Å². The zero-order valence-corrected chi connectivity index (χ0v) is 10.1. The van der Waals surface area contributed by atoms with Gasteiger partial charge in [0.2, 0.25) is 0 Å². The van der Waals surface area contributed by atoms with Crippen LogP contribution in [0, 0.1) is 5.92 Å². The lowest BCUT2D eigenvalue weighted by Gasteiger charge is -2.44. The van der Waals surface area contributed by atoms with Gasteiger partial charge in [-0.1, -0.05) is 0 Å². The average molecular weight is 196 g/mol. The fourth-order valence-corrected chi connectivity index (χ4v) is 3.03. The largest absolute Gasteiger partial charge is 0.303 e. The average Bonchev–Trinajstić information content (AvgIpc) is 2.46. The van der Waals surface area contributed by atoms with E-state index in [4.69, 9.17) is 0 Å². The third-order valence-corrected chi connectivity index (χ3v) is 4.06. The minimum Gasteiger partial charge on any atom is -0.303 e. The minimum absolute atomic E-state index is 0.367. The van der Waals surface area contributed by atoms with Gasteiger partial charge in [-0.25, -0.2) is 0 Å². The van der Waals surface area contributed by atoms with Crippen molar-refractivity contribution in [3.05, 3.63) is 0 Å². The second-order valence-corrected chi connectivity index (χ2v) is 6.00. The maximum Gasteiger partial charge on any atom is 0.0145 e. The molecule has 2 fully saturated rings. The predicted octanol–water partition coefficient (Wildman–Crippen LogP) is 1.81. The molecule has 2 atom stereocenters. The van der Waals surface area contributed by atoms with Crippen LogP contribution >= 0.6 is 0 Å². The van der Waals surface area contributed by atoms with Crippen LogP contribution in [0.5, 0.6) is 0 Å². The van der Waals surface area contributed by atoms with Gasteiger partial charge in [-0.15, -0.1) is 0 Å². The Balaban J connectivity index is 1.99. The van der Waals surface area contributed by atoms with Crippen LogP contribution in [-0.4, -0.2) is 48.1 Å². The quantitative estimate of drug-likeness (QED) is 0.583. The van der Waals surface area contributed by atoms with Crippen molar-refractivity contribution in [3.63, 3.8) is 0 Å². The smallest absolute Gasteiger partial charge is 0.0145 e. The van der Waals surface area contributed by atoms with E-state index in [0.29, 0.717) is 5.54 Å². The number of hydrogen-bond donors (Lipinski definition) is 0. The van der Waals surface area contributed by atoms with Gasteiger partial charge in [0.1, 0.15) is 0 Å². The Morgan fingerprint density at radius 2 is 1.79 bits per heavy atom. The van der Waals surface area contributed by atoms with Gasteiger partial charge in [-0.3, -0.25) is 4.90 Å². The minimum atomic E-state index is 0.367. The highest BCUT2D eigenvalue weighted by atomic mass is 15.2. The van der Waals surface area contributed by atoms with Crippen molar-refractivity contribution in [2.24, 2.45) is 5.92 Å². The maximum absolute atomic E-state index is 2.66. The van der Waals surface area contributed by atoms with E-state index in [2.05, 4.69) is 37.6 Å². The Morgan fingerprint density at radius 3 is 2.43 bits per heavy atom. The summed E-state index contributed by atoms with van der Waals surface area (Å²) in [5, 5.41) is 0. The molecule has 0 unspecified atom stereocenters. The molecule has 2 heterocycles. The molecule has 2 heteroatoms. The molecule has 0 aromatic rings. The van der Waals surface area contributed by atoms with E-state index in [1.807, 2.05) is 0 Å². The summed E-state index contributed by atoms with van der Waals surface area (Å²) in [4.78, 5) is 5.22. The molecule has 0 amide bonds. The predicted molar refractivity (Wildman–Crippen MR) is 60.5 cm³/mol. The van der Waals surface area contributed by atoms with Gasteiger partial charge in [0.25, 0.3) is 0 Å². The summed E-state index contributed by atoms with van der Waals surface area (Å²) >= 11 is 0. The number of fused-ring (bicyclic) bond motifs is 1. The number of likely N-dealkylation sites (tertiary alicyclic amines) is 2. The van der Waals surface area contributed by atoms with Crippen LogP contribution in [-0.2, 0) is 0 Å². The second kappa shape index (κ2) is 3.49. The van der Waals surface area contributed by atoms with Gasteiger partial charge in [-0.2, -0.15) is 0 Å². The first kappa shape index (κ1) is 10.4. The maximum atomic E-state index is 2.66. The van der Waals surface area contributed by atoms with E-state index in [-0.39, 0.29) is 0 Å². The molecule has 2 aliphatic rings. The Hall–Kier alpha value is -0.0800. The first-order valence-electron chi connectivity index (χ1n) is 5.94. The van der Waals surface area contributed by atoms with Crippen molar-refractivity contribution in [3.8, 4) is 0 Å².